The zero-order valence-electron chi connectivity index (χ0n) is 10.9. The van der Waals surface area contributed by atoms with E-state index in [2.05, 4.69) is 0 Å². The van der Waals surface area contributed by atoms with Crippen LogP contribution in [0.4, 0.5) is 10.1 Å². The molecule has 106 valence electrons. The van der Waals surface area contributed by atoms with E-state index in [0.29, 0.717) is 0 Å². The topological polar surface area (TPSA) is 85.4 Å². The number of halogens is 1. The van der Waals surface area contributed by atoms with Crippen LogP contribution in [0.1, 0.15) is 5.56 Å². The summed E-state index contributed by atoms with van der Waals surface area (Å²) in [5.41, 5.74) is -0.420. The predicted molar refractivity (Wildman–Crippen MR) is 70.8 cm³/mol. The van der Waals surface area contributed by atoms with Crippen molar-refractivity contribution in [2.45, 2.75) is 0 Å². The maximum atomic E-state index is 13.5. The first kappa shape index (κ1) is 14.3. The molecule has 0 atom stereocenters. The number of non-ortho nitro benzene ring substituents is 1. The Morgan fingerprint density at radius 3 is 2.62 bits per heavy atom. The molecule has 0 aliphatic carbocycles. The van der Waals surface area contributed by atoms with Gasteiger partial charge in [-0.1, -0.05) is 6.07 Å². The molecule has 0 bridgehead atoms. The molecule has 0 amide bonds. The molecule has 0 saturated heterocycles. The Balaban J connectivity index is 2.43. The van der Waals surface area contributed by atoms with Gasteiger partial charge in [-0.05, 0) is 18.2 Å². The van der Waals surface area contributed by atoms with Crippen LogP contribution < -0.4 is 9.47 Å². The summed E-state index contributed by atoms with van der Waals surface area (Å²) in [4.78, 5) is 10.1. The molecule has 2 aromatic rings. The summed E-state index contributed by atoms with van der Waals surface area (Å²) in [5, 5.41) is 19.6. The Bertz CT molecular complexity index is 740. The fourth-order valence-electron chi connectivity index (χ4n) is 1.67. The molecule has 0 spiro atoms. The molecule has 7 heteroatoms. The van der Waals surface area contributed by atoms with Crippen LogP contribution in [0.15, 0.2) is 36.4 Å². The van der Waals surface area contributed by atoms with Gasteiger partial charge in [-0.25, -0.2) is 4.39 Å². The Morgan fingerprint density at radius 1 is 1.24 bits per heavy atom. The monoisotopic (exact) mass is 288 g/mol. The van der Waals surface area contributed by atoms with Crippen LogP contribution in [-0.2, 0) is 0 Å². The van der Waals surface area contributed by atoms with Gasteiger partial charge < -0.3 is 9.47 Å². The fraction of sp³-hybridized carbons (Fsp3) is 0.0714. The Hall–Kier alpha value is -3.14. The van der Waals surface area contributed by atoms with Gasteiger partial charge in [0.2, 0.25) is 0 Å². The lowest BCUT2D eigenvalue weighted by atomic mass is 10.2. The Morgan fingerprint density at radius 2 is 2.00 bits per heavy atom. The van der Waals surface area contributed by atoms with Crippen molar-refractivity contribution in [3.05, 3.63) is 57.9 Å². The van der Waals surface area contributed by atoms with Gasteiger partial charge in [0.1, 0.15) is 23.2 Å². The summed E-state index contributed by atoms with van der Waals surface area (Å²) < 4.78 is 23.9. The van der Waals surface area contributed by atoms with Crippen LogP contribution in [0.5, 0.6) is 17.2 Å². The summed E-state index contributed by atoms with van der Waals surface area (Å²) >= 11 is 0. The van der Waals surface area contributed by atoms with Crippen molar-refractivity contribution in [2.75, 3.05) is 7.11 Å². The molecular formula is C14H9FN2O4. The van der Waals surface area contributed by atoms with E-state index in [4.69, 9.17) is 14.7 Å². The van der Waals surface area contributed by atoms with Crippen molar-refractivity contribution in [3.8, 4) is 23.3 Å². The Labute approximate surface area is 119 Å². The SMILES string of the molecule is COc1cc([N+](=O)[O-])ccc1Oc1cccc(F)c1C#N. The highest BCUT2D eigenvalue weighted by Crippen LogP contribution is 2.35. The van der Waals surface area contributed by atoms with E-state index in [0.717, 1.165) is 6.07 Å². The molecule has 2 aromatic carbocycles. The highest BCUT2D eigenvalue weighted by molar-refractivity contribution is 5.52. The smallest absolute Gasteiger partial charge is 0.273 e. The first-order valence-electron chi connectivity index (χ1n) is 5.75. The lowest BCUT2D eigenvalue weighted by molar-refractivity contribution is -0.384. The molecule has 0 N–H and O–H groups in total. The van der Waals surface area contributed by atoms with Crippen molar-refractivity contribution in [3.63, 3.8) is 0 Å². The number of methoxy groups -OCH3 is 1. The summed E-state index contributed by atoms with van der Waals surface area (Å²) in [7, 11) is 1.32. The molecule has 0 aliphatic rings. The number of nitrogens with zero attached hydrogens (tertiary/aromatic N) is 2. The van der Waals surface area contributed by atoms with Crippen LogP contribution in [0.3, 0.4) is 0 Å². The fourth-order valence-corrected chi connectivity index (χ4v) is 1.67. The molecular weight excluding hydrogens is 279 g/mol. The van der Waals surface area contributed by atoms with Gasteiger partial charge in [-0.3, -0.25) is 10.1 Å². The minimum Gasteiger partial charge on any atom is -0.493 e. The van der Waals surface area contributed by atoms with Crippen LogP contribution in [0.2, 0.25) is 0 Å². The van der Waals surface area contributed by atoms with Gasteiger partial charge in [0.15, 0.2) is 11.5 Å². The second kappa shape index (κ2) is 5.88. The average Bonchev–Trinajstić information content (AvgIpc) is 2.47. The number of hydrogen-bond donors (Lipinski definition) is 0. The average molecular weight is 288 g/mol. The zero-order valence-corrected chi connectivity index (χ0v) is 10.9. The maximum Gasteiger partial charge on any atom is 0.273 e. The van der Waals surface area contributed by atoms with Gasteiger partial charge >= 0.3 is 0 Å². The van der Waals surface area contributed by atoms with Gasteiger partial charge in [0, 0.05) is 6.07 Å². The number of benzene rings is 2. The van der Waals surface area contributed by atoms with Crippen LogP contribution in [-0.4, -0.2) is 12.0 Å². The first-order chi connectivity index (χ1) is 10.1. The van der Waals surface area contributed by atoms with E-state index in [9.17, 15) is 14.5 Å². The highest BCUT2D eigenvalue weighted by atomic mass is 19.1. The van der Waals surface area contributed by atoms with Crippen LogP contribution >= 0.6 is 0 Å². The Kier molecular flexibility index (Phi) is 4.00. The standard InChI is InChI=1S/C14H9FN2O4/c1-20-14-7-9(17(18)19)5-6-13(14)21-12-4-2-3-11(15)10(12)8-16/h2-7H,1H3. The largest absolute Gasteiger partial charge is 0.493 e. The molecule has 6 nitrogen and oxygen atoms in total. The minimum atomic E-state index is -0.712. The van der Waals surface area contributed by atoms with Gasteiger partial charge in [0.25, 0.3) is 5.69 Å². The highest BCUT2D eigenvalue weighted by Gasteiger charge is 2.15. The maximum absolute atomic E-state index is 13.5. The van der Waals surface area contributed by atoms with E-state index in [1.165, 1.54) is 37.4 Å². The predicted octanol–water partition coefficient (Wildman–Crippen LogP) is 3.41. The van der Waals surface area contributed by atoms with E-state index in [1.54, 1.807) is 6.07 Å². The summed E-state index contributed by atoms with van der Waals surface area (Å²) in [6.07, 6.45) is 0. The molecule has 21 heavy (non-hydrogen) atoms. The molecule has 0 aromatic heterocycles. The van der Waals surface area contributed by atoms with Gasteiger partial charge in [0.05, 0.1) is 18.1 Å². The van der Waals surface area contributed by atoms with Crippen molar-refractivity contribution in [1.82, 2.24) is 0 Å². The normalized spacial score (nSPS) is 9.76. The van der Waals surface area contributed by atoms with Gasteiger partial charge in [-0.15, -0.1) is 0 Å². The first-order valence-corrected chi connectivity index (χ1v) is 5.75. The lowest BCUT2D eigenvalue weighted by Crippen LogP contribution is -1.95. The van der Waals surface area contributed by atoms with E-state index in [1.807, 2.05) is 0 Å². The van der Waals surface area contributed by atoms with Crippen LogP contribution in [0.25, 0.3) is 0 Å². The summed E-state index contributed by atoms with van der Waals surface area (Å²) in [5.74, 6) is -0.455. The van der Waals surface area contributed by atoms with Crippen molar-refractivity contribution < 1.29 is 18.8 Å². The minimum absolute atomic E-state index is 0.00431. The second-order valence-corrected chi connectivity index (χ2v) is 3.92. The zero-order chi connectivity index (χ0) is 15.4. The molecule has 0 unspecified atom stereocenters. The third-order valence-electron chi connectivity index (χ3n) is 2.67. The molecule has 0 heterocycles. The summed E-state index contributed by atoms with van der Waals surface area (Å²) in [6, 6.07) is 9.38. The van der Waals surface area contributed by atoms with Gasteiger partial charge in [-0.2, -0.15) is 5.26 Å². The number of ether oxygens (including phenoxy) is 2. The van der Waals surface area contributed by atoms with Crippen molar-refractivity contribution in [1.29, 1.82) is 5.26 Å². The van der Waals surface area contributed by atoms with E-state index >= 15 is 0 Å². The number of nitro benzene ring substituents is 1. The molecule has 0 radical (unpaired) electrons. The third kappa shape index (κ3) is 2.90. The number of nitriles is 1. The van der Waals surface area contributed by atoms with Crippen molar-refractivity contribution in [2.24, 2.45) is 0 Å². The number of rotatable bonds is 4. The molecule has 0 aliphatic heterocycles. The quantitative estimate of drug-likeness (QED) is 0.635. The van der Waals surface area contributed by atoms with E-state index < -0.39 is 10.7 Å². The van der Waals surface area contributed by atoms with E-state index in [-0.39, 0.29) is 28.5 Å². The molecule has 0 saturated carbocycles. The lowest BCUT2D eigenvalue weighted by Gasteiger charge is -2.11. The second-order valence-electron chi connectivity index (χ2n) is 3.92. The molecule has 0 fully saturated rings. The third-order valence-corrected chi connectivity index (χ3v) is 2.67. The van der Waals surface area contributed by atoms with Crippen molar-refractivity contribution >= 4 is 5.69 Å². The molecule has 2 rings (SSSR count). The summed E-state index contributed by atoms with van der Waals surface area (Å²) in [6.45, 7) is 0. The number of nitro groups is 1. The van der Waals surface area contributed by atoms with Crippen LogP contribution in [0, 0.1) is 27.3 Å². The number of hydrogen-bond acceptors (Lipinski definition) is 5.